The van der Waals surface area contributed by atoms with Gasteiger partial charge in [0.15, 0.2) is 0 Å². The van der Waals surface area contributed by atoms with Crippen molar-refractivity contribution in [2.45, 2.75) is 25.7 Å². The van der Waals surface area contributed by atoms with Crippen molar-refractivity contribution in [3.05, 3.63) is 35.9 Å². The molecule has 21 heavy (non-hydrogen) atoms. The van der Waals surface area contributed by atoms with Crippen LogP contribution in [0.25, 0.3) is 6.08 Å². The molecule has 6 heteroatoms. The number of rotatable bonds is 7. The van der Waals surface area contributed by atoms with E-state index < -0.39 is 10.0 Å². The van der Waals surface area contributed by atoms with E-state index >= 15 is 0 Å². The molecule has 0 saturated heterocycles. The monoisotopic (exact) mass is 310 g/mol. The maximum Gasteiger partial charge on any atom is 0.243 e. The van der Waals surface area contributed by atoms with Gasteiger partial charge in [0.1, 0.15) is 0 Å². The van der Waals surface area contributed by atoms with Crippen LogP contribution in [-0.2, 0) is 14.8 Å². The highest BCUT2D eigenvalue weighted by molar-refractivity contribution is 7.89. The number of amides is 1. The number of nitrogens with one attached hydrogen (secondary N) is 1. The molecule has 1 aromatic rings. The van der Waals surface area contributed by atoms with Crippen molar-refractivity contribution in [2.75, 3.05) is 19.6 Å². The first-order chi connectivity index (χ1) is 9.95. The predicted octanol–water partition coefficient (Wildman–Crippen LogP) is 1.87. The van der Waals surface area contributed by atoms with Gasteiger partial charge in [-0.3, -0.25) is 4.79 Å². The van der Waals surface area contributed by atoms with Crippen LogP contribution in [0.15, 0.2) is 35.2 Å². The molecule has 0 aliphatic carbocycles. The Balaban J connectivity index is 2.90. The quantitative estimate of drug-likeness (QED) is 0.782. The fourth-order valence-corrected chi connectivity index (χ4v) is 3.33. The summed E-state index contributed by atoms with van der Waals surface area (Å²) < 4.78 is 26.0. The highest BCUT2D eigenvalue weighted by Gasteiger charge is 2.20. The van der Waals surface area contributed by atoms with Gasteiger partial charge in [0.05, 0.1) is 4.90 Å². The molecular weight excluding hydrogens is 288 g/mol. The van der Waals surface area contributed by atoms with Gasteiger partial charge in [-0.2, -0.15) is 4.31 Å². The van der Waals surface area contributed by atoms with Crippen LogP contribution in [0.5, 0.6) is 0 Å². The number of sulfonamides is 1. The summed E-state index contributed by atoms with van der Waals surface area (Å²) in [5, 5.41) is 2.65. The normalized spacial score (nSPS) is 12.0. The summed E-state index contributed by atoms with van der Waals surface area (Å²) in [5.41, 5.74) is 0.778. The van der Waals surface area contributed by atoms with E-state index in [4.69, 9.17) is 0 Å². The minimum atomic E-state index is -3.43. The second-order valence-electron chi connectivity index (χ2n) is 4.39. The van der Waals surface area contributed by atoms with E-state index in [9.17, 15) is 13.2 Å². The largest absolute Gasteiger partial charge is 0.353 e. The Morgan fingerprint density at radius 3 is 2.19 bits per heavy atom. The second kappa shape index (κ2) is 7.95. The van der Waals surface area contributed by atoms with Gasteiger partial charge in [-0.05, 0) is 30.7 Å². The van der Waals surface area contributed by atoms with Gasteiger partial charge < -0.3 is 5.32 Å². The maximum absolute atomic E-state index is 12.3. The van der Waals surface area contributed by atoms with Crippen molar-refractivity contribution in [1.29, 1.82) is 0 Å². The van der Waals surface area contributed by atoms with Crippen molar-refractivity contribution in [3.8, 4) is 0 Å². The van der Waals surface area contributed by atoms with Crippen molar-refractivity contribution >= 4 is 22.0 Å². The SMILES string of the molecule is CCNC(=O)C=Cc1ccc(S(=O)(=O)N(CC)CC)cc1. The Morgan fingerprint density at radius 2 is 1.71 bits per heavy atom. The molecule has 0 radical (unpaired) electrons. The van der Waals surface area contributed by atoms with Crippen molar-refractivity contribution in [2.24, 2.45) is 0 Å². The number of carbonyl (C=O) groups is 1. The van der Waals surface area contributed by atoms with Crippen LogP contribution in [0.1, 0.15) is 26.3 Å². The molecule has 1 N–H and O–H groups in total. The van der Waals surface area contributed by atoms with Crippen LogP contribution < -0.4 is 5.32 Å². The lowest BCUT2D eigenvalue weighted by molar-refractivity contribution is -0.116. The summed E-state index contributed by atoms with van der Waals surface area (Å²) in [6.07, 6.45) is 3.08. The third kappa shape index (κ3) is 4.68. The number of hydrogen-bond acceptors (Lipinski definition) is 3. The number of likely N-dealkylation sites (N-methyl/N-ethyl adjacent to an activating group) is 1. The van der Waals surface area contributed by atoms with E-state index in [1.807, 2.05) is 20.8 Å². The standard InChI is InChI=1S/C15H22N2O3S/c1-4-16-15(18)12-9-13-7-10-14(11-8-13)21(19,20)17(5-2)6-3/h7-12H,4-6H2,1-3H3,(H,16,18). The van der Waals surface area contributed by atoms with E-state index in [1.165, 1.54) is 10.4 Å². The molecule has 1 rings (SSSR count). The maximum atomic E-state index is 12.3. The number of hydrogen-bond donors (Lipinski definition) is 1. The zero-order valence-electron chi connectivity index (χ0n) is 12.7. The first-order valence-corrected chi connectivity index (χ1v) is 8.45. The Kier molecular flexibility index (Phi) is 6.58. The van der Waals surface area contributed by atoms with E-state index in [0.29, 0.717) is 19.6 Å². The average Bonchev–Trinajstić information content (AvgIpc) is 2.47. The average molecular weight is 310 g/mol. The Bertz CT molecular complexity index is 588. The van der Waals surface area contributed by atoms with Crippen LogP contribution >= 0.6 is 0 Å². The summed E-state index contributed by atoms with van der Waals surface area (Å²) in [7, 11) is -3.43. The van der Waals surface area contributed by atoms with Gasteiger partial charge in [0.25, 0.3) is 0 Å². The fraction of sp³-hybridized carbons (Fsp3) is 0.400. The smallest absolute Gasteiger partial charge is 0.243 e. The molecular formula is C15H22N2O3S. The second-order valence-corrected chi connectivity index (χ2v) is 6.32. The lowest BCUT2D eigenvalue weighted by atomic mass is 10.2. The molecule has 0 aromatic heterocycles. The van der Waals surface area contributed by atoms with E-state index in [1.54, 1.807) is 30.3 Å². The lowest BCUT2D eigenvalue weighted by Gasteiger charge is -2.18. The molecule has 0 fully saturated rings. The third-order valence-corrected chi connectivity index (χ3v) is 5.07. The molecule has 0 saturated carbocycles. The highest BCUT2D eigenvalue weighted by atomic mass is 32.2. The number of carbonyl (C=O) groups excluding carboxylic acids is 1. The predicted molar refractivity (Wildman–Crippen MR) is 84.3 cm³/mol. The summed E-state index contributed by atoms with van der Waals surface area (Å²) in [5.74, 6) is -0.169. The number of nitrogens with zero attached hydrogens (tertiary/aromatic N) is 1. The summed E-state index contributed by atoms with van der Waals surface area (Å²) >= 11 is 0. The molecule has 1 amide bonds. The molecule has 0 bridgehead atoms. The minimum absolute atomic E-state index is 0.169. The van der Waals surface area contributed by atoms with Gasteiger partial charge in [0, 0.05) is 25.7 Å². The van der Waals surface area contributed by atoms with Crippen molar-refractivity contribution in [3.63, 3.8) is 0 Å². The molecule has 0 atom stereocenters. The van der Waals surface area contributed by atoms with Gasteiger partial charge in [-0.15, -0.1) is 0 Å². The minimum Gasteiger partial charge on any atom is -0.353 e. The van der Waals surface area contributed by atoms with E-state index in [0.717, 1.165) is 5.56 Å². The Morgan fingerprint density at radius 1 is 1.14 bits per heavy atom. The first kappa shape index (κ1) is 17.4. The van der Waals surface area contributed by atoms with Crippen molar-refractivity contribution < 1.29 is 13.2 Å². The van der Waals surface area contributed by atoms with Crippen LogP contribution in [0.2, 0.25) is 0 Å². The molecule has 0 aliphatic heterocycles. The van der Waals surface area contributed by atoms with Crippen LogP contribution in [-0.4, -0.2) is 38.3 Å². The summed E-state index contributed by atoms with van der Waals surface area (Å²) in [6.45, 7) is 6.92. The van der Waals surface area contributed by atoms with Crippen LogP contribution in [0.3, 0.4) is 0 Å². The van der Waals surface area contributed by atoms with Gasteiger partial charge in [-0.25, -0.2) is 8.42 Å². The zero-order valence-corrected chi connectivity index (χ0v) is 13.5. The molecule has 116 valence electrons. The first-order valence-electron chi connectivity index (χ1n) is 7.01. The van der Waals surface area contributed by atoms with Gasteiger partial charge in [0.2, 0.25) is 15.9 Å². The molecule has 5 nitrogen and oxygen atoms in total. The highest BCUT2D eigenvalue weighted by Crippen LogP contribution is 2.16. The summed E-state index contributed by atoms with van der Waals surface area (Å²) in [6, 6.07) is 6.49. The Labute approximate surface area is 126 Å². The van der Waals surface area contributed by atoms with Gasteiger partial charge >= 0.3 is 0 Å². The molecule has 0 heterocycles. The molecule has 0 aliphatic rings. The number of benzene rings is 1. The molecule has 1 aromatic carbocycles. The Hall–Kier alpha value is -1.66. The molecule has 0 spiro atoms. The van der Waals surface area contributed by atoms with Crippen molar-refractivity contribution in [1.82, 2.24) is 9.62 Å². The van der Waals surface area contributed by atoms with E-state index in [2.05, 4.69) is 5.32 Å². The molecule has 0 unspecified atom stereocenters. The summed E-state index contributed by atoms with van der Waals surface area (Å²) in [4.78, 5) is 11.6. The zero-order chi connectivity index (χ0) is 15.9. The topological polar surface area (TPSA) is 66.5 Å². The van der Waals surface area contributed by atoms with Crippen LogP contribution in [0.4, 0.5) is 0 Å². The fourth-order valence-electron chi connectivity index (χ4n) is 1.87. The third-order valence-electron chi connectivity index (χ3n) is 3.00. The van der Waals surface area contributed by atoms with Crippen LogP contribution in [0, 0.1) is 0 Å². The van der Waals surface area contributed by atoms with E-state index in [-0.39, 0.29) is 10.8 Å². The lowest BCUT2D eigenvalue weighted by Crippen LogP contribution is -2.30. The van der Waals surface area contributed by atoms with Gasteiger partial charge in [-0.1, -0.05) is 26.0 Å².